The van der Waals surface area contributed by atoms with Gasteiger partial charge in [-0.2, -0.15) is 0 Å². The van der Waals surface area contributed by atoms with Crippen molar-refractivity contribution in [3.63, 3.8) is 0 Å². The average molecular weight is 311 g/mol. The molecule has 1 fully saturated rings. The molecule has 1 atom stereocenters. The Balaban J connectivity index is 2.18. The van der Waals surface area contributed by atoms with E-state index in [0.29, 0.717) is 29.5 Å². The van der Waals surface area contributed by atoms with Crippen LogP contribution in [0.5, 0.6) is 0 Å². The molecule has 8 heteroatoms. The van der Waals surface area contributed by atoms with Crippen molar-refractivity contribution in [1.29, 1.82) is 0 Å². The summed E-state index contributed by atoms with van der Waals surface area (Å²) in [4.78, 5) is 30.6. The first-order chi connectivity index (χ1) is 10.1. The third kappa shape index (κ3) is 3.26. The number of amides is 2. The van der Waals surface area contributed by atoms with E-state index in [4.69, 9.17) is 5.73 Å². The molecular weight excluding hydrogens is 290 g/mol. The van der Waals surface area contributed by atoms with Crippen molar-refractivity contribution in [2.24, 2.45) is 0 Å². The first-order valence-electron chi connectivity index (χ1n) is 7.17. The van der Waals surface area contributed by atoms with Gasteiger partial charge in [-0.05, 0) is 12.8 Å². The summed E-state index contributed by atoms with van der Waals surface area (Å²) < 4.78 is 0. The number of anilines is 2. The summed E-state index contributed by atoms with van der Waals surface area (Å²) in [5.74, 6) is -0.0924. The highest BCUT2D eigenvalue weighted by molar-refractivity contribution is 7.18. The molecular formula is C13H21N5O2S. The van der Waals surface area contributed by atoms with E-state index < -0.39 is 6.04 Å². The average Bonchev–Trinajstić information content (AvgIpc) is 2.85. The zero-order chi connectivity index (χ0) is 15.4. The molecule has 1 saturated heterocycles. The van der Waals surface area contributed by atoms with Gasteiger partial charge in [-0.15, -0.1) is 0 Å². The second-order valence-corrected chi connectivity index (χ2v) is 5.87. The molecule has 21 heavy (non-hydrogen) atoms. The van der Waals surface area contributed by atoms with Crippen LogP contribution < -0.4 is 16.4 Å². The number of carbonyl (C=O) groups is 2. The van der Waals surface area contributed by atoms with E-state index in [-0.39, 0.29) is 17.6 Å². The lowest BCUT2D eigenvalue weighted by Crippen LogP contribution is -2.56. The van der Waals surface area contributed by atoms with Crippen LogP contribution in [0.2, 0.25) is 0 Å². The maximum Gasteiger partial charge on any atom is 0.268 e. The molecule has 1 aliphatic rings. The van der Waals surface area contributed by atoms with Gasteiger partial charge in [0.1, 0.15) is 16.7 Å². The van der Waals surface area contributed by atoms with Crippen LogP contribution >= 0.6 is 11.3 Å². The number of aromatic nitrogens is 1. The summed E-state index contributed by atoms with van der Waals surface area (Å²) in [6.45, 7) is 5.69. The number of carbonyl (C=O) groups excluding carboxylic acids is 2. The van der Waals surface area contributed by atoms with Crippen molar-refractivity contribution in [2.75, 3.05) is 30.7 Å². The number of rotatable bonds is 5. The molecule has 0 aliphatic carbocycles. The smallest absolute Gasteiger partial charge is 0.268 e. The summed E-state index contributed by atoms with van der Waals surface area (Å²) in [6, 6.07) is -0.431. The Morgan fingerprint density at radius 1 is 1.57 bits per heavy atom. The van der Waals surface area contributed by atoms with Gasteiger partial charge in [-0.25, -0.2) is 4.98 Å². The fourth-order valence-corrected chi connectivity index (χ4v) is 3.15. The van der Waals surface area contributed by atoms with Crippen LogP contribution in [-0.2, 0) is 4.79 Å². The van der Waals surface area contributed by atoms with Gasteiger partial charge in [0.15, 0.2) is 5.13 Å². The van der Waals surface area contributed by atoms with E-state index in [9.17, 15) is 9.59 Å². The number of piperazine rings is 1. The second-order valence-electron chi connectivity index (χ2n) is 4.87. The van der Waals surface area contributed by atoms with Crippen LogP contribution in [0.25, 0.3) is 0 Å². The molecule has 1 aromatic rings. The molecule has 0 saturated carbocycles. The van der Waals surface area contributed by atoms with Crippen LogP contribution in [-0.4, -0.2) is 47.4 Å². The standard InChI is InChI=1S/C13H21N5O2S/c1-3-5-16-13-17-10(14)9(21-13)12(20)18-7-6-15-11(19)8(18)4-2/h8H,3-7,14H2,1-2H3,(H,15,19)(H,16,17). The molecule has 0 aromatic carbocycles. The maximum atomic E-state index is 12.6. The molecule has 0 radical (unpaired) electrons. The zero-order valence-corrected chi connectivity index (χ0v) is 13.1. The highest BCUT2D eigenvalue weighted by Gasteiger charge is 2.34. The Kier molecular flexibility index (Phi) is 5.00. The molecule has 2 rings (SSSR count). The van der Waals surface area contributed by atoms with Crippen molar-refractivity contribution in [1.82, 2.24) is 15.2 Å². The number of nitrogens with one attached hydrogen (secondary N) is 2. The minimum Gasteiger partial charge on any atom is -0.382 e. The summed E-state index contributed by atoms with van der Waals surface area (Å²) in [7, 11) is 0. The highest BCUT2D eigenvalue weighted by Crippen LogP contribution is 2.27. The lowest BCUT2D eigenvalue weighted by molar-refractivity contribution is -0.127. The van der Waals surface area contributed by atoms with E-state index in [1.807, 2.05) is 13.8 Å². The number of nitrogen functional groups attached to an aromatic ring is 1. The SMILES string of the molecule is CCCNc1nc(N)c(C(=O)N2CCNC(=O)C2CC)s1. The van der Waals surface area contributed by atoms with E-state index in [1.165, 1.54) is 11.3 Å². The monoisotopic (exact) mass is 311 g/mol. The van der Waals surface area contributed by atoms with Crippen molar-refractivity contribution >= 4 is 34.1 Å². The largest absolute Gasteiger partial charge is 0.382 e. The Morgan fingerprint density at radius 2 is 2.33 bits per heavy atom. The molecule has 7 nitrogen and oxygen atoms in total. The molecule has 2 amide bonds. The predicted octanol–water partition coefficient (Wildman–Crippen LogP) is 0.898. The first kappa shape index (κ1) is 15.6. The third-order valence-corrected chi connectivity index (χ3v) is 4.37. The molecule has 116 valence electrons. The Labute approximate surface area is 127 Å². The van der Waals surface area contributed by atoms with Crippen LogP contribution in [0.15, 0.2) is 0 Å². The second kappa shape index (κ2) is 6.75. The van der Waals surface area contributed by atoms with Crippen LogP contribution in [0.4, 0.5) is 10.9 Å². The summed E-state index contributed by atoms with van der Waals surface area (Å²) in [5.41, 5.74) is 5.85. The van der Waals surface area contributed by atoms with Gasteiger partial charge in [0.2, 0.25) is 5.91 Å². The van der Waals surface area contributed by atoms with Crippen molar-refractivity contribution in [3.8, 4) is 0 Å². The molecule has 1 aromatic heterocycles. The number of hydrogen-bond acceptors (Lipinski definition) is 6. The van der Waals surface area contributed by atoms with E-state index in [2.05, 4.69) is 15.6 Å². The number of nitrogens with zero attached hydrogens (tertiary/aromatic N) is 2. The van der Waals surface area contributed by atoms with Gasteiger partial charge < -0.3 is 21.3 Å². The first-order valence-corrected chi connectivity index (χ1v) is 7.99. The Morgan fingerprint density at radius 3 is 3.00 bits per heavy atom. The minimum atomic E-state index is -0.431. The van der Waals surface area contributed by atoms with Crippen LogP contribution in [0.3, 0.4) is 0 Å². The van der Waals surface area contributed by atoms with Gasteiger partial charge in [-0.1, -0.05) is 25.2 Å². The molecule has 4 N–H and O–H groups in total. The van der Waals surface area contributed by atoms with Crippen molar-refractivity contribution in [2.45, 2.75) is 32.7 Å². The predicted molar refractivity (Wildman–Crippen MR) is 83.4 cm³/mol. The lowest BCUT2D eigenvalue weighted by atomic mass is 10.1. The van der Waals surface area contributed by atoms with Gasteiger partial charge in [-0.3, -0.25) is 9.59 Å². The molecule has 1 aliphatic heterocycles. The van der Waals surface area contributed by atoms with Gasteiger partial charge >= 0.3 is 0 Å². The number of thiazole rings is 1. The maximum absolute atomic E-state index is 12.6. The zero-order valence-electron chi connectivity index (χ0n) is 12.3. The number of hydrogen-bond donors (Lipinski definition) is 3. The summed E-state index contributed by atoms with van der Waals surface area (Å²) in [5, 5.41) is 6.55. The molecule has 0 bridgehead atoms. The van der Waals surface area contributed by atoms with Gasteiger partial charge in [0.25, 0.3) is 5.91 Å². The summed E-state index contributed by atoms with van der Waals surface area (Å²) >= 11 is 1.24. The van der Waals surface area contributed by atoms with Gasteiger partial charge in [0.05, 0.1) is 0 Å². The quantitative estimate of drug-likeness (QED) is 0.750. The number of nitrogens with two attached hydrogens (primary N) is 1. The topological polar surface area (TPSA) is 100 Å². The lowest BCUT2D eigenvalue weighted by Gasteiger charge is -2.34. The van der Waals surface area contributed by atoms with Gasteiger partial charge in [0, 0.05) is 19.6 Å². The fraction of sp³-hybridized carbons (Fsp3) is 0.615. The van der Waals surface area contributed by atoms with Crippen molar-refractivity contribution in [3.05, 3.63) is 4.88 Å². The normalized spacial score (nSPS) is 18.5. The van der Waals surface area contributed by atoms with E-state index in [1.54, 1.807) is 4.90 Å². The van der Waals surface area contributed by atoms with Crippen LogP contribution in [0, 0.1) is 0 Å². The van der Waals surface area contributed by atoms with Crippen LogP contribution in [0.1, 0.15) is 36.4 Å². The molecule has 0 spiro atoms. The summed E-state index contributed by atoms with van der Waals surface area (Å²) in [6.07, 6.45) is 1.55. The van der Waals surface area contributed by atoms with Crippen molar-refractivity contribution < 1.29 is 9.59 Å². The highest BCUT2D eigenvalue weighted by atomic mass is 32.1. The minimum absolute atomic E-state index is 0.107. The molecule has 1 unspecified atom stereocenters. The fourth-order valence-electron chi connectivity index (χ4n) is 2.29. The van der Waals surface area contributed by atoms with E-state index >= 15 is 0 Å². The Bertz CT molecular complexity index is 531. The Hall–Kier alpha value is -1.83. The van der Waals surface area contributed by atoms with E-state index in [0.717, 1.165) is 13.0 Å². The third-order valence-electron chi connectivity index (χ3n) is 3.35. The molecule has 2 heterocycles.